The molecule has 41 heavy (non-hydrogen) atoms. The standard InChI is InChI=1S/C30H26N4O7/c1-41-17-8-6-7-16(13-17)26-25-20(18-9-2-4-11-21(18)31-25)14-24-28(37)34(30(40)33(24)26)23-12-5-3-10-19(23)27(36)32-22(15-35)29(38)39/h2-13,22,24,26,31,35H,14-15H2,1H3,(H,32,36)(H,38,39)/t22-,24-,26+/m0/s1. The minimum absolute atomic E-state index is 0.0226. The largest absolute Gasteiger partial charge is 0.497 e. The number of amides is 4. The number of methoxy groups -OCH3 is 1. The molecule has 208 valence electrons. The second-order valence-corrected chi connectivity index (χ2v) is 9.89. The molecule has 2 aliphatic heterocycles. The topological polar surface area (TPSA) is 152 Å². The van der Waals surface area contributed by atoms with Crippen LogP contribution in [0.4, 0.5) is 10.5 Å². The number of nitrogens with one attached hydrogen (secondary N) is 2. The highest BCUT2D eigenvalue weighted by molar-refractivity contribution is 6.24. The molecule has 0 bridgehead atoms. The first-order valence-electron chi connectivity index (χ1n) is 13.0. The van der Waals surface area contributed by atoms with E-state index >= 15 is 0 Å². The molecule has 3 atom stereocenters. The van der Waals surface area contributed by atoms with Gasteiger partial charge in [0.25, 0.3) is 11.8 Å². The predicted octanol–water partition coefficient (Wildman–Crippen LogP) is 2.83. The van der Waals surface area contributed by atoms with Gasteiger partial charge in [0.15, 0.2) is 6.04 Å². The van der Waals surface area contributed by atoms with Crippen LogP contribution in [0.1, 0.15) is 33.2 Å². The van der Waals surface area contributed by atoms with Gasteiger partial charge in [0.2, 0.25) is 0 Å². The Kier molecular flexibility index (Phi) is 6.43. The summed E-state index contributed by atoms with van der Waals surface area (Å²) in [5.74, 6) is -2.17. The fraction of sp³-hybridized carbons (Fsp3) is 0.200. The van der Waals surface area contributed by atoms with Gasteiger partial charge in [-0.05, 0) is 41.5 Å². The van der Waals surface area contributed by atoms with Crippen LogP contribution in [0.5, 0.6) is 5.75 Å². The van der Waals surface area contributed by atoms with E-state index in [0.717, 1.165) is 32.6 Å². The number of hydrogen-bond acceptors (Lipinski definition) is 6. The normalized spacial score (nSPS) is 18.7. The first-order chi connectivity index (χ1) is 19.8. The second kappa shape index (κ2) is 10.1. The number of para-hydroxylation sites is 2. The maximum absolute atomic E-state index is 14.2. The van der Waals surface area contributed by atoms with Crippen molar-refractivity contribution in [2.24, 2.45) is 0 Å². The van der Waals surface area contributed by atoms with E-state index < -0.39 is 48.5 Å². The van der Waals surface area contributed by atoms with Crippen molar-refractivity contribution in [3.8, 4) is 5.75 Å². The van der Waals surface area contributed by atoms with Crippen molar-refractivity contribution >= 4 is 40.4 Å². The number of benzene rings is 3. The number of aromatic amines is 1. The zero-order chi connectivity index (χ0) is 28.8. The van der Waals surface area contributed by atoms with Crippen molar-refractivity contribution in [1.82, 2.24) is 15.2 Å². The SMILES string of the molecule is COc1cccc([C@@H]2c3[nH]c4ccccc4c3C[C@H]3C(=O)N(c4ccccc4C(=O)N[C@@H](CO)C(=O)O)C(=O)N23)c1. The van der Waals surface area contributed by atoms with Crippen LogP contribution in [0.3, 0.4) is 0 Å². The number of aliphatic hydroxyl groups excluding tert-OH is 1. The van der Waals surface area contributed by atoms with E-state index in [1.54, 1.807) is 25.3 Å². The molecule has 1 saturated heterocycles. The molecule has 11 heteroatoms. The number of carboxylic acids is 1. The van der Waals surface area contributed by atoms with Crippen LogP contribution < -0.4 is 15.0 Å². The molecular weight excluding hydrogens is 528 g/mol. The van der Waals surface area contributed by atoms with E-state index in [-0.39, 0.29) is 17.7 Å². The molecule has 2 aliphatic rings. The summed E-state index contributed by atoms with van der Waals surface area (Å²) >= 11 is 0. The molecule has 1 fully saturated rings. The minimum atomic E-state index is -1.55. The van der Waals surface area contributed by atoms with Crippen LogP contribution in [0.15, 0.2) is 72.8 Å². The maximum Gasteiger partial charge on any atom is 0.332 e. The minimum Gasteiger partial charge on any atom is -0.497 e. The number of nitrogens with zero attached hydrogens (tertiary/aromatic N) is 2. The van der Waals surface area contributed by atoms with Crippen molar-refractivity contribution in [2.45, 2.75) is 24.5 Å². The third-order valence-corrected chi connectivity index (χ3v) is 7.63. The molecule has 1 aromatic heterocycles. The molecular formula is C30H26N4O7. The van der Waals surface area contributed by atoms with E-state index in [0.29, 0.717) is 5.75 Å². The van der Waals surface area contributed by atoms with Crippen LogP contribution in [0, 0.1) is 0 Å². The van der Waals surface area contributed by atoms with Crippen molar-refractivity contribution < 1.29 is 34.1 Å². The van der Waals surface area contributed by atoms with E-state index in [4.69, 9.17) is 4.74 Å². The summed E-state index contributed by atoms with van der Waals surface area (Å²) in [5, 5.41) is 21.9. The molecule has 4 aromatic rings. The Morgan fingerprint density at radius 1 is 1.07 bits per heavy atom. The first kappa shape index (κ1) is 26.1. The Morgan fingerprint density at radius 3 is 2.59 bits per heavy atom. The third kappa shape index (κ3) is 4.18. The molecule has 0 unspecified atom stereocenters. The van der Waals surface area contributed by atoms with E-state index in [1.807, 2.05) is 42.5 Å². The first-order valence-corrected chi connectivity index (χ1v) is 13.0. The quantitative estimate of drug-likeness (QED) is 0.256. The molecule has 3 heterocycles. The molecule has 11 nitrogen and oxygen atoms in total. The number of hydrogen-bond donors (Lipinski definition) is 4. The lowest BCUT2D eigenvalue weighted by Gasteiger charge is -2.36. The number of urea groups is 1. The number of ether oxygens (including phenoxy) is 1. The highest BCUT2D eigenvalue weighted by Gasteiger charge is 2.53. The molecule has 0 saturated carbocycles. The smallest absolute Gasteiger partial charge is 0.332 e. The maximum atomic E-state index is 14.2. The molecule has 6 rings (SSSR count). The summed E-state index contributed by atoms with van der Waals surface area (Å²) in [6.07, 6.45) is 0.265. The van der Waals surface area contributed by atoms with Gasteiger partial charge in [-0.1, -0.05) is 42.5 Å². The van der Waals surface area contributed by atoms with Gasteiger partial charge in [0.05, 0.1) is 25.0 Å². The zero-order valence-electron chi connectivity index (χ0n) is 21.9. The number of anilines is 1. The molecule has 0 spiro atoms. The fourth-order valence-electron chi connectivity index (χ4n) is 5.74. The van der Waals surface area contributed by atoms with Crippen molar-refractivity contribution in [3.05, 3.63) is 95.2 Å². The number of carbonyl (C=O) groups is 4. The summed E-state index contributed by atoms with van der Waals surface area (Å²) < 4.78 is 5.45. The Morgan fingerprint density at radius 2 is 1.83 bits per heavy atom. The van der Waals surface area contributed by atoms with Gasteiger partial charge in [-0.2, -0.15) is 0 Å². The zero-order valence-corrected chi connectivity index (χ0v) is 21.9. The number of aliphatic carboxylic acids is 1. The highest BCUT2D eigenvalue weighted by atomic mass is 16.5. The van der Waals surface area contributed by atoms with E-state index in [1.165, 1.54) is 17.0 Å². The predicted molar refractivity (Wildman–Crippen MR) is 148 cm³/mol. The highest BCUT2D eigenvalue weighted by Crippen LogP contribution is 2.45. The molecule has 4 amide bonds. The second-order valence-electron chi connectivity index (χ2n) is 9.89. The monoisotopic (exact) mass is 554 g/mol. The van der Waals surface area contributed by atoms with Crippen LogP contribution in [0.25, 0.3) is 10.9 Å². The summed E-state index contributed by atoms with van der Waals surface area (Å²) in [4.78, 5) is 58.7. The lowest BCUT2D eigenvalue weighted by Crippen LogP contribution is -2.44. The number of fused-ring (bicyclic) bond motifs is 4. The lowest BCUT2D eigenvalue weighted by molar-refractivity contribution is -0.140. The summed E-state index contributed by atoms with van der Waals surface area (Å²) in [6.45, 7) is -0.825. The van der Waals surface area contributed by atoms with Crippen LogP contribution in [-0.4, -0.2) is 69.7 Å². The Labute approximate surface area is 233 Å². The number of imide groups is 1. The number of H-pyrrole nitrogens is 1. The average molecular weight is 555 g/mol. The van der Waals surface area contributed by atoms with Gasteiger partial charge < -0.3 is 25.3 Å². The Hall–Kier alpha value is -5.16. The van der Waals surface area contributed by atoms with Gasteiger partial charge in [-0.25, -0.2) is 14.5 Å². The van der Waals surface area contributed by atoms with Crippen molar-refractivity contribution in [2.75, 3.05) is 18.6 Å². The third-order valence-electron chi connectivity index (χ3n) is 7.63. The summed E-state index contributed by atoms with van der Waals surface area (Å²) in [5.41, 5.74) is 3.29. The molecule has 0 aliphatic carbocycles. The van der Waals surface area contributed by atoms with Crippen molar-refractivity contribution in [3.63, 3.8) is 0 Å². The van der Waals surface area contributed by atoms with Crippen LogP contribution in [-0.2, 0) is 16.0 Å². The Bertz CT molecular complexity index is 1710. The molecule has 0 radical (unpaired) electrons. The van der Waals surface area contributed by atoms with E-state index in [9.17, 15) is 29.4 Å². The lowest BCUT2D eigenvalue weighted by atomic mass is 9.89. The number of aliphatic hydroxyl groups is 1. The number of rotatable bonds is 7. The summed E-state index contributed by atoms with van der Waals surface area (Å²) in [7, 11) is 1.55. The summed E-state index contributed by atoms with van der Waals surface area (Å²) in [6, 6.07) is 17.4. The molecule has 3 aromatic carbocycles. The molecule has 4 N–H and O–H groups in total. The van der Waals surface area contributed by atoms with Crippen LogP contribution in [0.2, 0.25) is 0 Å². The number of carboxylic acid groups (broad SMARTS) is 1. The van der Waals surface area contributed by atoms with Crippen molar-refractivity contribution in [1.29, 1.82) is 0 Å². The number of aromatic nitrogens is 1. The fourth-order valence-corrected chi connectivity index (χ4v) is 5.74. The van der Waals surface area contributed by atoms with Gasteiger partial charge in [0, 0.05) is 23.0 Å². The van der Waals surface area contributed by atoms with E-state index in [2.05, 4.69) is 10.3 Å². The van der Waals surface area contributed by atoms with Gasteiger partial charge in [-0.15, -0.1) is 0 Å². The Balaban J connectivity index is 1.46. The van der Waals surface area contributed by atoms with Crippen LogP contribution >= 0.6 is 0 Å². The number of carbonyl (C=O) groups excluding carboxylic acids is 3. The van der Waals surface area contributed by atoms with Gasteiger partial charge >= 0.3 is 12.0 Å². The average Bonchev–Trinajstić information content (AvgIpc) is 3.48. The van der Waals surface area contributed by atoms with Gasteiger partial charge in [-0.3, -0.25) is 14.5 Å². The van der Waals surface area contributed by atoms with Gasteiger partial charge in [0.1, 0.15) is 17.8 Å².